The minimum atomic E-state index is -0.346. The van der Waals surface area contributed by atoms with E-state index in [1.54, 1.807) is 0 Å². The first-order chi connectivity index (χ1) is 12.3. The van der Waals surface area contributed by atoms with Crippen molar-refractivity contribution in [3.8, 4) is 5.75 Å². The number of ether oxygens (including phenoxy) is 1. The van der Waals surface area contributed by atoms with Crippen LogP contribution in [0.3, 0.4) is 0 Å². The summed E-state index contributed by atoms with van der Waals surface area (Å²) in [6, 6.07) is 10.6. The zero-order valence-corrected chi connectivity index (χ0v) is 16.4. The van der Waals surface area contributed by atoms with E-state index in [2.05, 4.69) is 19.2 Å². The normalized spacial score (nSPS) is 11.7. The van der Waals surface area contributed by atoms with Crippen molar-refractivity contribution in [3.05, 3.63) is 57.6 Å². The summed E-state index contributed by atoms with van der Waals surface area (Å²) in [6.07, 6.45) is 1.06. The summed E-state index contributed by atoms with van der Waals surface area (Å²) in [5.74, 6) is 0.0400. The van der Waals surface area contributed by atoms with Crippen LogP contribution in [0.4, 0.5) is 5.69 Å². The van der Waals surface area contributed by atoms with Crippen molar-refractivity contribution in [1.29, 1.82) is 0 Å². The van der Waals surface area contributed by atoms with Crippen LogP contribution in [0.15, 0.2) is 36.4 Å². The summed E-state index contributed by atoms with van der Waals surface area (Å²) in [5, 5.41) is 3.28. The molecule has 1 atom stereocenters. The van der Waals surface area contributed by atoms with Gasteiger partial charge < -0.3 is 10.1 Å². The van der Waals surface area contributed by atoms with E-state index in [1.165, 1.54) is 24.6 Å². The van der Waals surface area contributed by atoms with E-state index in [4.69, 9.17) is 27.9 Å². The molecule has 2 aromatic rings. The summed E-state index contributed by atoms with van der Waals surface area (Å²) in [6.45, 7) is 5.40. The van der Waals surface area contributed by atoms with Gasteiger partial charge in [0, 0.05) is 10.7 Å². The van der Waals surface area contributed by atoms with Gasteiger partial charge in [-0.15, -0.1) is 0 Å². The predicted octanol–water partition coefficient (Wildman–Crippen LogP) is 5.73. The number of ketones is 1. The maximum absolute atomic E-state index is 12.1. The van der Waals surface area contributed by atoms with Gasteiger partial charge in [-0.2, -0.15) is 0 Å². The first kappa shape index (κ1) is 20.3. The smallest absolute Gasteiger partial charge is 0.262 e. The number of nitrogens with one attached hydrogen (secondary N) is 1. The van der Waals surface area contributed by atoms with E-state index in [9.17, 15) is 9.59 Å². The molecular weight excluding hydrogens is 373 g/mol. The topological polar surface area (TPSA) is 55.4 Å². The summed E-state index contributed by atoms with van der Waals surface area (Å²) in [5.41, 5.74) is 2.15. The molecule has 1 N–H and O–H groups in total. The molecule has 2 aromatic carbocycles. The van der Waals surface area contributed by atoms with E-state index in [0.29, 0.717) is 16.6 Å². The van der Waals surface area contributed by atoms with Gasteiger partial charge in [-0.1, -0.05) is 49.2 Å². The molecule has 0 aromatic heterocycles. The maximum atomic E-state index is 12.1. The molecular formula is C20H21Cl2NO3. The number of carbonyl (C=O) groups excluding carboxylic acids is 2. The molecule has 0 bridgehead atoms. The number of carbonyl (C=O) groups is 2. The Morgan fingerprint density at radius 3 is 2.38 bits per heavy atom. The quantitative estimate of drug-likeness (QED) is 0.611. The van der Waals surface area contributed by atoms with E-state index >= 15 is 0 Å². The average molecular weight is 394 g/mol. The Kier molecular flexibility index (Phi) is 7.06. The van der Waals surface area contributed by atoms with Gasteiger partial charge in [0.05, 0.1) is 10.6 Å². The highest BCUT2D eigenvalue weighted by molar-refractivity contribution is 6.36. The van der Waals surface area contributed by atoms with E-state index in [1.807, 2.05) is 24.3 Å². The highest BCUT2D eigenvalue weighted by Gasteiger charge is 2.16. The highest BCUT2D eigenvalue weighted by atomic mass is 35.5. The molecule has 0 aliphatic carbocycles. The lowest BCUT2D eigenvalue weighted by Crippen LogP contribution is -2.21. The lowest BCUT2D eigenvalue weighted by Gasteiger charge is -2.13. The fourth-order valence-corrected chi connectivity index (χ4v) is 2.98. The van der Waals surface area contributed by atoms with Crippen molar-refractivity contribution in [2.24, 2.45) is 0 Å². The second-order valence-corrected chi connectivity index (χ2v) is 6.93. The van der Waals surface area contributed by atoms with Crippen molar-refractivity contribution in [2.45, 2.75) is 33.1 Å². The van der Waals surface area contributed by atoms with E-state index in [0.717, 1.165) is 6.42 Å². The lowest BCUT2D eigenvalue weighted by molar-refractivity contribution is -0.118. The van der Waals surface area contributed by atoms with Gasteiger partial charge in [0.15, 0.2) is 12.4 Å². The zero-order chi connectivity index (χ0) is 19.3. The number of hydrogen-bond acceptors (Lipinski definition) is 3. The minimum Gasteiger partial charge on any atom is -0.481 e. The third-order valence-electron chi connectivity index (χ3n) is 4.11. The van der Waals surface area contributed by atoms with Gasteiger partial charge >= 0.3 is 0 Å². The molecule has 0 unspecified atom stereocenters. The van der Waals surface area contributed by atoms with Crippen molar-refractivity contribution < 1.29 is 14.3 Å². The van der Waals surface area contributed by atoms with Crippen LogP contribution < -0.4 is 10.1 Å². The predicted molar refractivity (Wildman–Crippen MR) is 106 cm³/mol. The third kappa shape index (κ3) is 5.23. The second kappa shape index (κ2) is 9.06. The first-order valence-electron chi connectivity index (χ1n) is 8.34. The fourth-order valence-electron chi connectivity index (χ4n) is 2.43. The molecule has 2 rings (SSSR count). The summed E-state index contributed by atoms with van der Waals surface area (Å²) >= 11 is 12.0. The van der Waals surface area contributed by atoms with Crippen molar-refractivity contribution >= 4 is 40.6 Å². The molecule has 0 saturated heterocycles. The third-order valence-corrected chi connectivity index (χ3v) is 4.61. The Morgan fingerprint density at radius 1 is 1.15 bits per heavy atom. The molecule has 26 heavy (non-hydrogen) atoms. The van der Waals surface area contributed by atoms with Gasteiger partial charge in [-0.3, -0.25) is 9.59 Å². The van der Waals surface area contributed by atoms with Gasteiger partial charge in [-0.25, -0.2) is 0 Å². The van der Waals surface area contributed by atoms with Crippen molar-refractivity contribution in [2.75, 3.05) is 11.9 Å². The van der Waals surface area contributed by atoms with Gasteiger partial charge in [0.1, 0.15) is 5.75 Å². The van der Waals surface area contributed by atoms with Crippen LogP contribution in [-0.2, 0) is 4.79 Å². The number of hydrogen-bond donors (Lipinski definition) is 1. The Morgan fingerprint density at radius 2 is 1.81 bits per heavy atom. The number of rotatable bonds is 7. The molecule has 4 nitrogen and oxygen atoms in total. The molecule has 1 amide bonds. The number of Topliss-reactive ketones (excluding diaryl/α,β-unsaturated/α-hetero) is 1. The molecule has 0 aliphatic rings. The molecule has 0 radical (unpaired) electrons. The van der Waals surface area contributed by atoms with Crippen LogP contribution >= 0.6 is 23.2 Å². The highest BCUT2D eigenvalue weighted by Crippen LogP contribution is 2.32. The van der Waals surface area contributed by atoms with E-state index < -0.39 is 0 Å². The van der Waals surface area contributed by atoms with Crippen LogP contribution in [0.25, 0.3) is 0 Å². The van der Waals surface area contributed by atoms with Crippen molar-refractivity contribution in [3.63, 3.8) is 0 Å². The monoisotopic (exact) mass is 393 g/mol. The number of anilines is 1. The Labute approximate surface area is 163 Å². The summed E-state index contributed by atoms with van der Waals surface area (Å²) < 4.78 is 5.47. The standard InChI is InChI=1S/C20H21Cl2NO3/c1-4-12(2)14-5-7-16(8-6-14)23-19(25)11-26-20-17(13(3)24)9-15(21)10-18(20)22/h5-10,12H,4,11H2,1-3H3,(H,23,25)/t12-/m1/s1. The van der Waals surface area contributed by atoms with Crippen LogP contribution in [-0.4, -0.2) is 18.3 Å². The van der Waals surface area contributed by atoms with Crippen LogP contribution in [0.1, 0.15) is 49.0 Å². The molecule has 0 saturated carbocycles. The fraction of sp³-hybridized carbons (Fsp3) is 0.300. The number of halogens is 2. The van der Waals surface area contributed by atoms with Crippen LogP contribution in [0, 0.1) is 0 Å². The molecule has 6 heteroatoms. The zero-order valence-electron chi connectivity index (χ0n) is 14.9. The van der Waals surface area contributed by atoms with E-state index in [-0.39, 0.29) is 34.6 Å². The first-order valence-corrected chi connectivity index (χ1v) is 9.10. The minimum absolute atomic E-state index is 0.158. The average Bonchev–Trinajstić information content (AvgIpc) is 2.60. The van der Waals surface area contributed by atoms with Crippen molar-refractivity contribution in [1.82, 2.24) is 0 Å². The molecule has 0 spiro atoms. The number of amides is 1. The SMILES string of the molecule is CC[C@@H](C)c1ccc(NC(=O)COc2c(Cl)cc(Cl)cc2C(C)=O)cc1. The Balaban J connectivity index is 2.02. The molecule has 138 valence electrons. The summed E-state index contributed by atoms with van der Waals surface area (Å²) in [7, 11) is 0. The summed E-state index contributed by atoms with van der Waals surface area (Å²) in [4.78, 5) is 23.9. The largest absolute Gasteiger partial charge is 0.481 e. The molecule has 0 aliphatic heterocycles. The number of benzene rings is 2. The van der Waals surface area contributed by atoms with Gasteiger partial charge in [0.2, 0.25) is 0 Å². The van der Waals surface area contributed by atoms with Crippen LogP contribution in [0.2, 0.25) is 10.0 Å². The Bertz CT molecular complexity index is 803. The molecule has 0 fully saturated rings. The maximum Gasteiger partial charge on any atom is 0.262 e. The van der Waals surface area contributed by atoms with Gasteiger partial charge in [0.25, 0.3) is 5.91 Å². The van der Waals surface area contributed by atoms with Crippen LogP contribution in [0.5, 0.6) is 5.75 Å². The second-order valence-electron chi connectivity index (χ2n) is 6.09. The lowest BCUT2D eigenvalue weighted by atomic mass is 9.99. The Hall–Kier alpha value is -2.04. The van der Waals surface area contributed by atoms with Gasteiger partial charge in [-0.05, 0) is 49.1 Å². The molecule has 0 heterocycles.